The van der Waals surface area contributed by atoms with Gasteiger partial charge in [-0.25, -0.2) is 4.98 Å². The summed E-state index contributed by atoms with van der Waals surface area (Å²) in [5.74, 6) is 0.0435. The van der Waals surface area contributed by atoms with Crippen molar-refractivity contribution in [2.45, 2.75) is 6.92 Å². The number of aryl methyl sites for hydroxylation is 1. The fraction of sp³-hybridized carbons (Fsp3) is 0.0909. The highest BCUT2D eigenvalue weighted by atomic mass is 79.9. The minimum absolute atomic E-state index is 0.255. The number of hydrogen-bond donors (Lipinski definition) is 2. The number of aromatic nitrogens is 2. The fourth-order valence-electron chi connectivity index (χ4n) is 1.29. The Bertz CT molecular complexity index is 508. The van der Waals surface area contributed by atoms with Crippen molar-refractivity contribution in [3.63, 3.8) is 0 Å². The number of nitrogens with zero attached hydrogens (tertiary/aromatic N) is 1. The lowest BCUT2D eigenvalue weighted by Gasteiger charge is -2.06. The number of carbonyl (C=O) groups excluding carboxylic acids is 1. The average molecular weight is 280 g/mol. The Kier molecular flexibility index (Phi) is 3.05. The van der Waals surface area contributed by atoms with Gasteiger partial charge in [-0.1, -0.05) is 6.07 Å². The van der Waals surface area contributed by atoms with Crippen molar-refractivity contribution in [1.82, 2.24) is 9.97 Å². The van der Waals surface area contributed by atoms with Crippen molar-refractivity contribution in [3.05, 3.63) is 46.5 Å². The van der Waals surface area contributed by atoms with Crippen LogP contribution in [0.4, 0.5) is 5.69 Å². The number of nitrogens with one attached hydrogen (secondary N) is 2. The van der Waals surface area contributed by atoms with Crippen molar-refractivity contribution in [1.29, 1.82) is 0 Å². The van der Waals surface area contributed by atoms with Gasteiger partial charge in [-0.2, -0.15) is 0 Å². The second kappa shape index (κ2) is 4.49. The topological polar surface area (TPSA) is 57.8 Å². The molecule has 2 aromatic rings. The maximum atomic E-state index is 11.7. The highest BCUT2D eigenvalue weighted by molar-refractivity contribution is 9.10. The molecule has 5 heteroatoms. The van der Waals surface area contributed by atoms with Crippen LogP contribution in [-0.4, -0.2) is 15.9 Å². The van der Waals surface area contributed by atoms with Crippen LogP contribution in [0.5, 0.6) is 0 Å². The summed E-state index contributed by atoms with van der Waals surface area (Å²) < 4.78 is 0.854. The first-order valence-corrected chi connectivity index (χ1v) is 5.53. The molecule has 0 atom stereocenters. The minimum Gasteiger partial charge on any atom is -0.341 e. The van der Waals surface area contributed by atoms with E-state index in [1.807, 2.05) is 25.1 Å². The smallest absolute Gasteiger partial charge is 0.291 e. The molecule has 0 radical (unpaired) electrons. The number of H-pyrrole nitrogens is 1. The normalized spacial score (nSPS) is 10.1. The van der Waals surface area contributed by atoms with E-state index >= 15 is 0 Å². The van der Waals surface area contributed by atoms with Crippen molar-refractivity contribution < 1.29 is 4.79 Å². The van der Waals surface area contributed by atoms with Gasteiger partial charge < -0.3 is 10.3 Å². The molecule has 1 aromatic carbocycles. The molecule has 0 aliphatic rings. The summed E-state index contributed by atoms with van der Waals surface area (Å²) in [5.41, 5.74) is 1.86. The van der Waals surface area contributed by atoms with Crippen LogP contribution in [-0.2, 0) is 0 Å². The Morgan fingerprint density at radius 1 is 1.50 bits per heavy atom. The van der Waals surface area contributed by atoms with Crippen LogP contribution in [0.3, 0.4) is 0 Å². The molecule has 0 saturated carbocycles. The zero-order chi connectivity index (χ0) is 11.5. The Hall–Kier alpha value is -1.62. The average Bonchev–Trinajstić information content (AvgIpc) is 2.75. The molecule has 0 aliphatic carbocycles. The van der Waals surface area contributed by atoms with Crippen LogP contribution in [0, 0.1) is 6.92 Å². The zero-order valence-electron chi connectivity index (χ0n) is 8.62. The summed E-state index contributed by atoms with van der Waals surface area (Å²) in [7, 11) is 0. The quantitative estimate of drug-likeness (QED) is 0.888. The van der Waals surface area contributed by atoms with Gasteiger partial charge in [0, 0.05) is 16.9 Å². The van der Waals surface area contributed by atoms with E-state index in [1.165, 1.54) is 0 Å². The Morgan fingerprint density at radius 2 is 2.31 bits per heavy atom. The van der Waals surface area contributed by atoms with Crippen LogP contribution in [0.1, 0.15) is 16.2 Å². The fourth-order valence-corrected chi connectivity index (χ4v) is 1.88. The second-order valence-electron chi connectivity index (χ2n) is 3.38. The van der Waals surface area contributed by atoms with Crippen LogP contribution in [0.2, 0.25) is 0 Å². The van der Waals surface area contributed by atoms with Gasteiger partial charge in [-0.15, -0.1) is 0 Å². The third-order valence-electron chi connectivity index (χ3n) is 2.09. The summed E-state index contributed by atoms with van der Waals surface area (Å²) in [6.45, 7) is 1.99. The number of imidazole rings is 1. The van der Waals surface area contributed by atoms with Gasteiger partial charge >= 0.3 is 0 Å². The summed E-state index contributed by atoms with van der Waals surface area (Å²) in [6, 6.07) is 5.72. The van der Waals surface area contributed by atoms with Gasteiger partial charge in [0.15, 0.2) is 5.82 Å². The van der Waals surface area contributed by atoms with Crippen LogP contribution in [0.15, 0.2) is 35.1 Å². The Morgan fingerprint density at radius 3 is 2.94 bits per heavy atom. The van der Waals surface area contributed by atoms with E-state index in [0.29, 0.717) is 5.82 Å². The summed E-state index contributed by atoms with van der Waals surface area (Å²) in [5, 5.41) is 2.76. The molecule has 0 unspecified atom stereocenters. The first kappa shape index (κ1) is 10.9. The molecule has 0 aliphatic heterocycles. The monoisotopic (exact) mass is 279 g/mol. The highest BCUT2D eigenvalue weighted by Crippen LogP contribution is 2.23. The molecule has 2 rings (SSSR count). The lowest BCUT2D eigenvalue weighted by Crippen LogP contribution is -2.13. The van der Waals surface area contributed by atoms with E-state index in [0.717, 1.165) is 15.7 Å². The zero-order valence-corrected chi connectivity index (χ0v) is 10.2. The largest absolute Gasteiger partial charge is 0.341 e. The lowest BCUT2D eigenvalue weighted by molar-refractivity contribution is 0.101. The van der Waals surface area contributed by atoms with Gasteiger partial charge in [0.1, 0.15) is 0 Å². The molecule has 82 valence electrons. The van der Waals surface area contributed by atoms with Crippen molar-refractivity contribution >= 4 is 27.5 Å². The van der Waals surface area contributed by atoms with Crippen LogP contribution >= 0.6 is 15.9 Å². The third kappa shape index (κ3) is 2.30. The molecule has 1 amide bonds. The van der Waals surface area contributed by atoms with E-state index in [9.17, 15) is 4.79 Å². The molecule has 0 bridgehead atoms. The minimum atomic E-state index is -0.255. The van der Waals surface area contributed by atoms with E-state index in [2.05, 4.69) is 31.2 Å². The lowest BCUT2D eigenvalue weighted by atomic mass is 10.2. The van der Waals surface area contributed by atoms with Crippen molar-refractivity contribution in [3.8, 4) is 0 Å². The maximum absolute atomic E-state index is 11.7. The SMILES string of the molecule is Cc1ccc(NC(=O)c2ncc[nH]2)c(Br)c1. The van der Waals surface area contributed by atoms with E-state index in [1.54, 1.807) is 12.4 Å². The van der Waals surface area contributed by atoms with E-state index in [-0.39, 0.29) is 5.91 Å². The van der Waals surface area contributed by atoms with Gasteiger partial charge in [-0.05, 0) is 40.5 Å². The highest BCUT2D eigenvalue weighted by Gasteiger charge is 2.09. The number of rotatable bonds is 2. The predicted octanol–water partition coefficient (Wildman–Crippen LogP) is 2.73. The molecule has 1 aromatic heterocycles. The molecule has 2 N–H and O–H groups in total. The number of benzene rings is 1. The van der Waals surface area contributed by atoms with Gasteiger partial charge in [0.2, 0.25) is 0 Å². The van der Waals surface area contributed by atoms with Gasteiger partial charge in [-0.3, -0.25) is 4.79 Å². The first-order valence-electron chi connectivity index (χ1n) is 4.73. The number of anilines is 1. The summed E-state index contributed by atoms with van der Waals surface area (Å²) in [4.78, 5) is 18.3. The van der Waals surface area contributed by atoms with Gasteiger partial charge in [0.05, 0.1) is 5.69 Å². The standard InChI is InChI=1S/C11H10BrN3O/c1-7-2-3-9(8(12)6-7)15-11(16)10-13-4-5-14-10/h2-6H,1H3,(H,13,14)(H,15,16). The molecule has 16 heavy (non-hydrogen) atoms. The molecule has 4 nitrogen and oxygen atoms in total. The van der Waals surface area contributed by atoms with E-state index in [4.69, 9.17) is 0 Å². The second-order valence-corrected chi connectivity index (χ2v) is 4.23. The van der Waals surface area contributed by atoms with Crippen molar-refractivity contribution in [2.24, 2.45) is 0 Å². The first-order chi connectivity index (χ1) is 7.66. The Labute approximate surface area is 101 Å². The number of carbonyl (C=O) groups is 1. The van der Waals surface area contributed by atoms with Crippen LogP contribution in [0.25, 0.3) is 0 Å². The molecule has 0 spiro atoms. The maximum Gasteiger partial charge on any atom is 0.291 e. The predicted molar refractivity (Wildman–Crippen MR) is 65.4 cm³/mol. The Balaban J connectivity index is 2.18. The molecular weight excluding hydrogens is 270 g/mol. The molecular formula is C11H10BrN3O. The third-order valence-corrected chi connectivity index (χ3v) is 2.74. The number of halogens is 1. The molecule has 0 saturated heterocycles. The van der Waals surface area contributed by atoms with Crippen molar-refractivity contribution in [2.75, 3.05) is 5.32 Å². The van der Waals surface area contributed by atoms with Gasteiger partial charge in [0.25, 0.3) is 5.91 Å². The summed E-state index contributed by atoms with van der Waals surface area (Å²) >= 11 is 3.39. The van der Waals surface area contributed by atoms with Crippen LogP contribution < -0.4 is 5.32 Å². The summed E-state index contributed by atoms with van der Waals surface area (Å²) in [6.07, 6.45) is 3.15. The number of hydrogen-bond acceptors (Lipinski definition) is 2. The molecule has 0 fully saturated rings. The van der Waals surface area contributed by atoms with E-state index < -0.39 is 0 Å². The molecule has 1 heterocycles. The number of amides is 1. The number of aromatic amines is 1.